The van der Waals surface area contributed by atoms with E-state index in [0.29, 0.717) is 6.42 Å². The first-order valence-electron chi connectivity index (χ1n) is 23.7. The van der Waals surface area contributed by atoms with E-state index >= 15 is 0 Å². The predicted molar refractivity (Wildman–Crippen MR) is 241 cm³/mol. The summed E-state index contributed by atoms with van der Waals surface area (Å²) in [7, 11) is -4.58. The van der Waals surface area contributed by atoms with Gasteiger partial charge in [-0.2, -0.15) is 0 Å². The third-order valence-corrected chi connectivity index (χ3v) is 12.4. The molecule has 0 spiro atoms. The molecule has 0 radical (unpaired) electrons. The maximum atomic E-state index is 13.8. The van der Waals surface area contributed by atoms with E-state index in [1.165, 1.54) is 91.9 Å². The number of nitrogens with two attached hydrogens (primary N) is 2. The molecular formula is C43H81N6O16P. The lowest BCUT2D eigenvalue weighted by Gasteiger charge is -2.44. The summed E-state index contributed by atoms with van der Waals surface area (Å²) in [5.41, 5.74) is 11.1. The van der Waals surface area contributed by atoms with Gasteiger partial charge < -0.3 is 71.5 Å². The first kappa shape index (κ1) is 59.3. The fourth-order valence-corrected chi connectivity index (χ4v) is 8.36. The molecule has 0 aliphatic carbocycles. The van der Waals surface area contributed by atoms with Gasteiger partial charge in [-0.1, -0.05) is 84.0 Å². The number of rotatable bonds is 35. The molecule has 0 saturated carbocycles. The van der Waals surface area contributed by atoms with Crippen LogP contribution in [0.25, 0.3) is 0 Å². The summed E-state index contributed by atoms with van der Waals surface area (Å²) in [4.78, 5) is 74.9. The highest BCUT2D eigenvalue weighted by molar-refractivity contribution is 7.47. The molecule has 2 heterocycles. The van der Waals surface area contributed by atoms with Gasteiger partial charge in [-0.05, 0) is 40.0 Å². The van der Waals surface area contributed by atoms with E-state index in [0.717, 1.165) is 24.2 Å². The van der Waals surface area contributed by atoms with Gasteiger partial charge in [0.1, 0.15) is 42.5 Å². The van der Waals surface area contributed by atoms with Crippen molar-refractivity contribution in [3.05, 3.63) is 0 Å². The van der Waals surface area contributed by atoms with Gasteiger partial charge in [-0.3, -0.25) is 33.0 Å². The Labute approximate surface area is 389 Å². The molecule has 2 aliphatic heterocycles. The number of carbonyl (C=O) groups excluding carboxylic acids is 5. The van der Waals surface area contributed by atoms with Crippen molar-refractivity contribution >= 4 is 37.4 Å². The number of hydrogen-bond donors (Lipinski definition) is 9. The lowest BCUT2D eigenvalue weighted by atomic mass is 9.96. The third kappa shape index (κ3) is 23.0. The summed E-state index contributed by atoms with van der Waals surface area (Å²) in [6.07, 6.45) is 8.39. The minimum absolute atomic E-state index is 0.192. The lowest BCUT2D eigenvalue weighted by molar-refractivity contribution is -0.268. The second-order valence-electron chi connectivity index (χ2n) is 17.3. The van der Waals surface area contributed by atoms with E-state index < -0.39 is 124 Å². The Hall–Kier alpha value is -2.86. The molecular weight excluding hydrogens is 887 g/mol. The number of primary amides is 1. The van der Waals surface area contributed by atoms with Crippen LogP contribution in [0.1, 0.15) is 137 Å². The van der Waals surface area contributed by atoms with Crippen molar-refractivity contribution in [2.45, 2.75) is 205 Å². The molecule has 2 fully saturated rings. The van der Waals surface area contributed by atoms with Crippen molar-refractivity contribution in [3.63, 3.8) is 0 Å². The van der Waals surface area contributed by atoms with Crippen LogP contribution < -0.4 is 27.4 Å². The van der Waals surface area contributed by atoms with E-state index in [-0.39, 0.29) is 32.7 Å². The Morgan fingerprint density at radius 2 is 1.50 bits per heavy atom. The highest BCUT2D eigenvalue weighted by Gasteiger charge is 2.46. The molecule has 3 unspecified atom stereocenters. The van der Waals surface area contributed by atoms with Crippen LogP contribution in [0.4, 0.5) is 0 Å². The molecule has 2 aliphatic rings. The second-order valence-corrected chi connectivity index (χ2v) is 18.8. The van der Waals surface area contributed by atoms with Gasteiger partial charge in [0, 0.05) is 26.4 Å². The van der Waals surface area contributed by atoms with Gasteiger partial charge in [0.2, 0.25) is 29.5 Å². The molecule has 23 heteroatoms. The van der Waals surface area contributed by atoms with Crippen LogP contribution in [-0.2, 0) is 56.5 Å². The van der Waals surface area contributed by atoms with Crippen molar-refractivity contribution in [2.75, 3.05) is 39.5 Å². The van der Waals surface area contributed by atoms with Crippen LogP contribution in [0, 0.1) is 0 Å². The number of phosphoric acid groups is 1. The largest absolute Gasteiger partial charge is 0.472 e. The van der Waals surface area contributed by atoms with Crippen LogP contribution >= 0.6 is 7.82 Å². The Kier molecular flexibility index (Phi) is 28.8. The van der Waals surface area contributed by atoms with Crippen LogP contribution in [-0.4, -0.2) is 161 Å². The molecule has 5 amide bonds. The number of hydrogen-bond acceptors (Lipinski definition) is 16. The zero-order valence-corrected chi connectivity index (χ0v) is 40.5. The maximum Gasteiger partial charge on any atom is 0.472 e. The molecule has 0 aromatic rings. The number of aliphatic hydroxyl groups excluding tert-OH is 3. The fourth-order valence-electron chi connectivity index (χ4n) is 7.61. The molecule has 0 aromatic heterocycles. The highest BCUT2D eigenvalue weighted by atomic mass is 31.2. The first-order valence-corrected chi connectivity index (χ1v) is 25.2. The Morgan fingerprint density at radius 1 is 0.894 bits per heavy atom. The van der Waals surface area contributed by atoms with Crippen molar-refractivity contribution < 1.29 is 76.7 Å². The van der Waals surface area contributed by atoms with Gasteiger partial charge in [0.15, 0.2) is 12.6 Å². The summed E-state index contributed by atoms with van der Waals surface area (Å²) >= 11 is 0. The van der Waals surface area contributed by atoms with Crippen molar-refractivity contribution in [1.29, 1.82) is 0 Å². The number of nitrogens with one attached hydrogen (secondary N) is 3. The summed E-state index contributed by atoms with van der Waals surface area (Å²) in [5.74, 6) is -3.62. The number of aliphatic hydroxyl groups is 3. The first-order chi connectivity index (χ1) is 31.3. The number of unbranched alkanes of at least 4 members (excludes halogenated alkanes) is 12. The number of ether oxygens (including phenoxy) is 4. The van der Waals surface area contributed by atoms with E-state index in [1.807, 2.05) is 0 Å². The van der Waals surface area contributed by atoms with E-state index in [9.17, 15) is 48.8 Å². The van der Waals surface area contributed by atoms with Crippen LogP contribution in [0.15, 0.2) is 0 Å². The van der Waals surface area contributed by atoms with Crippen LogP contribution in [0.5, 0.6) is 0 Å². The smallest absolute Gasteiger partial charge is 0.394 e. The third-order valence-electron chi connectivity index (χ3n) is 11.4. The fraction of sp³-hybridized carbons (Fsp3) is 0.884. The minimum atomic E-state index is -4.58. The Morgan fingerprint density at radius 3 is 2.06 bits per heavy atom. The topological polar surface area (TPSA) is 330 Å². The van der Waals surface area contributed by atoms with E-state index in [1.54, 1.807) is 0 Å². The lowest BCUT2D eigenvalue weighted by Crippen LogP contribution is -2.65. The molecule has 2 saturated heterocycles. The molecule has 66 heavy (non-hydrogen) atoms. The minimum Gasteiger partial charge on any atom is -0.394 e. The zero-order valence-electron chi connectivity index (χ0n) is 39.6. The normalized spacial score (nSPS) is 24.7. The van der Waals surface area contributed by atoms with Crippen LogP contribution in [0.2, 0.25) is 0 Å². The number of carbonyl (C=O) groups is 5. The van der Waals surface area contributed by atoms with Crippen LogP contribution in [0.3, 0.4) is 0 Å². The average Bonchev–Trinajstić information content (AvgIpc) is 3.73. The molecule has 2 rings (SSSR count). The van der Waals surface area contributed by atoms with E-state index in [2.05, 4.69) is 22.9 Å². The number of phosphoric ester groups is 1. The maximum absolute atomic E-state index is 13.8. The van der Waals surface area contributed by atoms with Crippen molar-refractivity contribution in [1.82, 2.24) is 20.9 Å². The van der Waals surface area contributed by atoms with E-state index in [4.69, 9.17) is 39.5 Å². The molecule has 0 bridgehead atoms. The SMILES string of the molecule is CCCCCCCCCCCCCCCC1OC[C@H](COP(=O)(O)OCCNC(=O)[C@H](C)N(CC(C)O[C@H]2[C@H](O)[C@@H](CO)O[C@H](O)[C@@H]2NC(C)=O)C(=O)CC[C@@H](NC(=O)[C@H](C)N)C(N)=O)O1. The van der Waals surface area contributed by atoms with Gasteiger partial charge in [0.25, 0.3) is 0 Å². The summed E-state index contributed by atoms with van der Waals surface area (Å²) in [6.45, 7) is 5.83. The monoisotopic (exact) mass is 969 g/mol. The number of nitrogens with zero attached hydrogens (tertiary/aromatic N) is 1. The Balaban J connectivity index is 1.89. The van der Waals surface area contributed by atoms with Crippen molar-refractivity contribution in [2.24, 2.45) is 11.5 Å². The van der Waals surface area contributed by atoms with Gasteiger partial charge >= 0.3 is 7.82 Å². The molecule has 384 valence electrons. The standard InChI is InChI=1S/C43H81N6O16P/c1-6-7-8-9-10-11-12-13-14-15-16-17-18-19-36-60-26-32(64-36)27-62-66(58,59)61-23-22-46-42(56)30(4)49(35(52)21-20-33(40(45)54)48-41(55)29(3)44)24-28(2)63-39-37(47-31(5)51)43(57)65-34(25-50)38(39)53/h28-30,32-34,36-39,43,50,53,57H,6-27,44H2,1-5H3,(H2,45,54)(H,46,56)(H,47,51)(H,48,55)(H,58,59)/t28?,29-,30-,32+,33+,34+,36?,37+,38+,39+,43-/m0/s1. The summed E-state index contributed by atoms with van der Waals surface area (Å²) in [5, 5.41) is 38.5. The molecule has 22 nitrogen and oxygen atoms in total. The summed E-state index contributed by atoms with van der Waals surface area (Å²) in [6, 6.07) is -4.80. The van der Waals surface area contributed by atoms with Crippen molar-refractivity contribution in [3.8, 4) is 0 Å². The molecule has 11 N–H and O–H groups in total. The predicted octanol–water partition coefficient (Wildman–Crippen LogP) is 1.12. The number of amides is 5. The molecule has 0 aromatic carbocycles. The quantitative estimate of drug-likeness (QED) is 0.0317. The van der Waals surface area contributed by atoms with Gasteiger partial charge in [0.05, 0.1) is 38.6 Å². The highest BCUT2D eigenvalue weighted by Crippen LogP contribution is 2.43. The van der Waals surface area contributed by atoms with Gasteiger partial charge in [-0.25, -0.2) is 4.57 Å². The average molecular weight is 969 g/mol. The van der Waals surface area contributed by atoms with Gasteiger partial charge in [-0.15, -0.1) is 0 Å². The Bertz CT molecular complexity index is 1500. The zero-order chi connectivity index (χ0) is 49.2. The summed E-state index contributed by atoms with van der Waals surface area (Å²) < 4.78 is 45.6. The second kappa shape index (κ2) is 32.0. The molecule has 12 atom stereocenters.